The molecule has 4 aliphatic carbocycles. The molecule has 3 nitrogen and oxygen atoms in total. The van der Waals surface area contributed by atoms with Gasteiger partial charge in [-0.25, -0.2) is 0 Å². The predicted molar refractivity (Wildman–Crippen MR) is 79.7 cm³/mol. The van der Waals surface area contributed by atoms with Gasteiger partial charge in [0.1, 0.15) is 11.5 Å². The molecular weight excluding hydrogens is 264 g/mol. The van der Waals surface area contributed by atoms with E-state index < -0.39 is 0 Å². The van der Waals surface area contributed by atoms with Gasteiger partial charge in [0.05, 0.1) is 5.57 Å². The number of Topliss-reactive ketones (excluding diaryl/α,β-unsaturated/α-hetero) is 1. The molecule has 4 aliphatic rings. The number of aryl methyl sites for hydroxylation is 1. The van der Waals surface area contributed by atoms with Gasteiger partial charge in [0.2, 0.25) is 0 Å². The average Bonchev–Trinajstić information content (AvgIpc) is 2.75. The quantitative estimate of drug-likeness (QED) is 0.776. The number of carbonyl (C=O) groups excluding carboxylic acids is 1. The Morgan fingerprint density at radius 1 is 1.05 bits per heavy atom. The van der Waals surface area contributed by atoms with E-state index >= 15 is 0 Å². The lowest BCUT2D eigenvalue weighted by molar-refractivity contribution is -0.120. The molecule has 1 aromatic carbocycles. The monoisotopic (exact) mass is 282 g/mol. The fraction of sp³-hybridized carbons (Fsp3) is 0.389. The maximum Gasteiger partial charge on any atom is 0.171 e. The highest BCUT2D eigenvalue weighted by Crippen LogP contribution is 2.54. The van der Waals surface area contributed by atoms with Crippen LogP contribution in [0.1, 0.15) is 24.0 Å². The highest BCUT2D eigenvalue weighted by molar-refractivity contribution is 6.25. The third-order valence-corrected chi connectivity index (χ3v) is 5.35. The van der Waals surface area contributed by atoms with Crippen molar-refractivity contribution in [2.24, 2.45) is 23.7 Å². The zero-order chi connectivity index (χ0) is 14.7. The minimum atomic E-state index is -0.0862. The molecule has 108 valence electrons. The molecule has 1 aromatic rings. The molecule has 5 rings (SSSR count). The third-order valence-electron chi connectivity index (χ3n) is 5.35. The predicted octanol–water partition coefficient (Wildman–Crippen LogP) is 3.38. The van der Waals surface area contributed by atoms with Gasteiger partial charge >= 0.3 is 0 Å². The molecule has 0 aliphatic heterocycles. The number of hydrogen-bond donors (Lipinski definition) is 2. The number of phenolic OH excluding ortho intramolecular Hbond substituents is 1. The van der Waals surface area contributed by atoms with Crippen molar-refractivity contribution in [3.8, 4) is 5.75 Å². The number of fused-ring (bicyclic) bond motifs is 1. The Morgan fingerprint density at radius 2 is 1.71 bits per heavy atom. The number of benzene rings is 1. The van der Waals surface area contributed by atoms with Gasteiger partial charge in [0.25, 0.3) is 0 Å². The van der Waals surface area contributed by atoms with Crippen LogP contribution in [0, 0.1) is 30.6 Å². The molecule has 21 heavy (non-hydrogen) atoms. The molecule has 2 bridgehead atoms. The van der Waals surface area contributed by atoms with Crippen LogP contribution in [0.2, 0.25) is 0 Å². The molecule has 1 saturated carbocycles. The van der Waals surface area contributed by atoms with E-state index in [4.69, 9.17) is 0 Å². The Balaban J connectivity index is 1.85. The minimum absolute atomic E-state index is 0.0375. The summed E-state index contributed by atoms with van der Waals surface area (Å²) >= 11 is 0. The molecule has 2 N–H and O–H groups in total. The SMILES string of the molecule is Cc1cc(O)ccc1C1=C(O)C2C3C=CC(CC3)C2C1=O. The topological polar surface area (TPSA) is 57.5 Å². The highest BCUT2D eigenvalue weighted by Gasteiger charge is 2.52. The van der Waals surface area contributed by atoms with Crippen LogP contribution in [0.4, 0.5) is 0 Å². The van der Waals surface area contributed by atoms with Crippen LogP contribution >= 0.6 is 0 Å². The average molecular weight is 282 g/mol. The summed E-state index contributed by atoms with van der Waals surface area (Å²) < 4.78 is 0. The molecule has 4 unspecified atom stereocenters. The van der Waals surface area contributed by atoms with Gasteiger partial charge < -0.3 is 10.2 Å². The van der Waals surface area contributed by atoms with Crippen LogP contribution < -0.4 is 0 Å². The summed E-state index contributed by atoms with van der Waals surface area (Å²) in [5.74, 6) is 0.953. The Labute approximate surface area is 123 Å². The van der Waals surface area contributed by atoms with Gasteiger partial charge in [-0.15, -0.1) is 0 Å². The second-order valence-electron chi connectivity index (χ2n) is 6.47. The van der Waals surface area contributed by atoms with Crippen molar-refractivity contribution in [3.05, 3.63) is 47.2 Å². The van der Waals surface area contributed by atoms with E-state index in [2.05, 4.69) is 12.2 Å². The lowest BCUT2D eigenvalue weighted by atomic mass is 9.63. The number of carbonyl (C=O) groups is 1. The Hall–Kier alpha value is -2.03. The summed E-state index contributed by atoms with van der Waals surface area (Å²) in [4.78, 5) is 12.9. The fourth-order valence-electron chi connectivity index (χ4n) is 4.38. The number of hydrogen-bond acceptors (Lipinski definition) is 3. The Kier molecular flexibility index (Phi) is 2.56. The van der Waals surface area contributed by atoms with Crippen LogP contribution in [0.15, 0.2) is 36.1 Å². The number of allylic oxidation sites excluding steroid dienone is 4. The van der Waals surface area contributed by atoms with Gasteiger partial charge in [-0.3, -0.25) is 4.79 Å². The van der Waals surface area contributed by atoms with Gasteiger partial charge in [-0.05, 0) is 54.9 Å². The molecule has 0 amide bonds. The molecule has 3 heteroatoms. The summed E-state index contributed by atoms with van der Waals surface area (Å²) in [7, 11) is 0. The number of ketones is 1. The molecular formula is C18H18O3. The summed E-state index contributed by atoms with van der Waals surface area (Å²) in [6, 6.07) is 4.95. The van der Waals surface area contributed by atoms with Crippen LogP contribution in [-0.2, 0) is 4.79 Å². The van der Waals surface area contributed by atoms with Crippen molar-refractivity contribution >= 4 is 11.4 Å². The first kappa shape index (κ1) is 12.7. The summed E-state index contributed by atoms with van der Waals surface area (Å²) in [6.07, 6.45) is 6.43. The van der Waals surface area contributed by atoms with Crippen molar-refractivity contribution in [2.45, 2.75) is 19.8 Å². The molecule has 4 atom stereocenters. The molecule has 0 radical (unpaired) electrons. The number of aliphatic hydroxyl groups excluding tert-OH is 1. The number of aliphatic hydroxyl groups is 1. The van der Waals surface area contributed by atoms with Crippen molar-refractivity contribution in [1.82, 2.24) is 0 Å². The van der Waals surface area contributed by atoms with Crippen LogP contribution in [0.5, 0.6) is 5.75 Å². The maximum atomic E-state index is 12.9. The lowest BCUT2D eigenvalue weighted by Gasteiger charge is -2.40. The first-order valence-corrected chi connectivity index (χ1v) is 7.53. The van der Waals surface area contributed by atoms with E-state index in [1.807, 2.05) is 6.92 Å². The van der Waals surface area contributed by atoms with Gasteiger partial charge in [-0.1, -0.05) is 18.2 Å². The summed E-state index contributed by atoms with van der Waals surface area (Å²) in [6.45, 7) is 1.86. The zero-order valence-electron chi connectivity index (χ0n) is 11.9. The van der Waals surface area contributed by atoms with Gasteiger partial charge in [0.15, 0.2) is 5.78 Å². The van der Waals surface area contributed by atoms with Crippen LogP contribution in [0.25, 0.3) is 5.57 Å². The van der Waals surface area contributed by atoms with Gasteiger partial charge in [0, 0.05) is 11.8 Å². The molecule has 0 heterocycles. The largest absolute Gasteiger partial charge is 0.511 e. The minimum Gasteiger partial charge on any atom is -0.511 e. The lowest BCUT2D eigenvalue weighted by Crippen LogP contribution is -2.38. The first-order chi connectivity index (χ1) is 10.1. The molecule has 0 aromatic heterocycles. The second kappa shape index (κ2) is 4.23. The van der Waals surface area contributed by atoms with E-state index in [-0.39, 0.29) is 35.0 Å². The zero-order valence-corrected chi connectivity index (χ0v) is 11.9. The molecule has 0 spiro atoms. The smallest absolute Gasteiger partial charge is 0.171 e. The molecule has 0 saturated heterocycles. The summed E-state index contributed by atoms with van der Waals surface area (Å²) in [5, 5.41) is 20.2. The fourth-order valence-corrected chi connectivity index (χ4v) is 4.38. The van der Waals surface area contributed by atoms with Crippen LogP contribution in [-0.4, -0.2) is 16.0 Å². The summed E-state index contributed by atoms with van der Waals surface area (Å²) in [5.41, 5.74) is 2.05. The van der Waals surface area contributed by atoms with E-state index in [1.165, 1.54) is 0 Å². The van der Waals surface area contributed by atoms with Crippen molar-refractivity contribution in [2.75, 3.05) is 0 Å². The number of rotatable bonds is 1. The standard InChI is InChI=1S/C18H18O3/c1-9-8-12(19)6-7-13(9)16-17(20)14-10-2-3-11(5-4-10)15(14)18(16)21/h2-3,6-8,10-11,14-15,19-20H,4-5H2,1H3. The maximum absolute atomic E-state index is 12.9. The van der Waals surface area contributed by atoms with E-state index in [0.717, 1.165) is 24.0 Å². The van der Waals surface area contributed by atoms with Crippen molar-refractivity contribution in [3.63, 3.8) is 0 Å². The first-order valence-electron chi connectivity index (χ1n) is 7.53. The molecule has 1 fully saturated rings. The third kappa shape index (κ3) is 1.63. The van der Waals surface area contributed by atoms with E-state index in [0.29, 0.717) is 11.5 Å². The normalized spacial score (nSPS) is 33.7. The number of phenols is 1. The van der Waals surface area contributed by atoms with Crippen LogP contribution in [0.3, 0.4) is 0 Å². The van der Waals surface area contributed by atoms with Gasteiger partial charge in [-0.2, -0.15) is 0 Å². The highest BCUT2D eigenvalue weighted by atomic mass is 16.3. The van der Waals surface area contributed by atoms with Crippen molar-refractivity contribution < 1.29 is 15.0 Å². The Bertz CT molecular complexity index is 698. The Morgan fingerprint density at radius 3 is 2.29 bits per heavy atom. The van der Waals surface area contributed by atoms with E-state index in [1.54, 1.807) is 18.2 Å². The van der Waals surface area contributed by atoms with E-state index in [9.17, 15) is 15.0 Å². The second-order valence-corrected chi connectivity index (χ2v) is 6.47. The number of aromatic hydroxyl groups is 1. The van der Waals surface area contributed by atoms with Crippen molar-refractivity contribution in [1.29, 1.82) is 0 Å².